The Morgan fingerprint density at radius 2 is 1.81 bits per heavy atom. The molecule has 3 rings (SSSR count). The smallest absolute Gasteiger partial charge is 0.342 e. The molecule has 0 aromatic heterocycles. The highest BCUT2D eigenvalue weighted by Gasteiger charge is 2.85. The highest BCUT2D eigenvalue weighted by molar-refractivity contribution is 5.91. The van der Waals surface area contributed by atoms with Crippen molar-refractivity contribution in [2.45, 2.75) is 51.1 Å². The number of aliphatic carboxylic acids is 1. The third kappa shape index (κ3) is 4.01. The molecule has 3 N–H and O–H groups in total. The van der Waals surface area contributed by atoms with Crippen LogP contribution in [0.25, 0.3) is 0 Å². The maximum atomic E-state index is 14.9. The molecule has 10 heteroatoms. The van der Waals surface area contributed by atoms with Crippen molar-refractivity contribution in [3.8, 4) is 0 Å². The predicted octanol–water partition coefficient (Wildman–Crippen LogP) is 1.94. The highest BCUT2D eigenvalue weighted by Crippen LogP contribution is 2.67. The number of halogens is 2. The first-order valence-electron chi connectivity index (χ1n) is 9.74. The van der Waals surface area contributed by atoms with Crippen LogP contribution >= 0.6 is 0 Å². The molecule has 0 spiro atoms. The summed E-state index contributed by atoms with van der Waals surface area (Å²) < 4.78 is 43.5. The average molecular weight is 441 g/mol. The van der Waals surface area contributed by atoms with E-state index in [0.717, 1.165) is 0 Å². The van der Waals surface area contributed by atoms with Gasteiger partial charge in [0.25, 0.3) is 0 Å². The van der Waals surface area contributed by atoms with E-state index in [1.807, 2.05) is 0 Å². The molecule has 0 unspecified atom stereocenters. The fraction of sp³-hybridized carbons (Fsp3) is 0.571. The Hall–Kier alpha value is -2.59. The number of fused-ring (bicyclic) bond motifs is 1. The van der Waals surface area contributed by atoms with E-state index >= 15 is 0 Å². The number of nitrogens with two attached hydrogens (primary N) is 1. The molecule has 2 aliphatic rings. The molecule has 0 radical (unpaired) electrons. The lowest BCUT2D eigenvalue weighted by atomic mass is 9.87. The van der Waals surface area contributed by atoms with Crippen LogP contribution in [0.1, 0.15) is 32.8 Å². The molecule has 1 aromatic rings. The van der Waals surface area contributed by atoms with Crippen molar-refractivity contribution in [2.24, 2.45) is 23.0 Å². The van der Waals surface area contributed by atoms with Crippen LogP contribution in [0.5, 0.6) is 0 Å². The second-order valence-electron chi connectivity index (χ2n) is 8.98. The highest BCUT2D eigenvalue weighted by atomic mass is 19.1. The van der Waals surface area contributed by atoms with Crippen molar-refractivity contribution >= 4 is 17.9 Å². The van der Waals surface area contributed by atoms with E-state index in [-0.39, 0.29) is 13.0 Å². The number of hydrogen-bond donors (Lipinski definition) is 2. The van der Waals surface area contributed by atoms with Gasteiger partial charge in [0.15, 0.2) is 0 Å². The third-order valence-electron chi connectivity index (χ3n) is 5.84. The second kappa shape index (κ2) is 7.83. The van der Waals surface area contributed by atoms with Gasteiger partial charge >= 0.3 is 17.9 Å². The van der Waals surface area contributed by atoms with Crippen LogP contribution in [-0.4, -0.2) is 47.1 Å². The summed E-state index contributed by atoms with van der Waals surface area (Å²) in [5.41, 5.74) is 1.23. The number of carboxylic acids is 1. The van der Waals surface area contributed by atoms with Crippen LogP contribution in [0, 0.1) is 23.1 Å². The van der Waals surface area contributed by atoms with Crippen LogP contribution in [0.2, 0.25) is 0 Å². The predicted molar refractivity (Wildman–Crippen MR) is 101 cm³/mol. The Morgan fingerprint density at radius 3 is 2.35 bits per heavy atom. The summed E-state index contributed by atoms with van der Waals surface area (Å²) in [4.78, 5) is 36.0. The Kier molecular flexibility index (Phi) is 5.83. The fourth-order valence-electron chi connectivity index (χ4n) is 4.05. The Morgan fingerprint density at radius 1 is 1.19 bits per heavy atom. The van der Waals surface area contributed by atoms with Crippen molar-refractivity contribution in [1.29, 1.82) is 0 Å². The maximum Gasteiger partial charge on any atom is 0.342 e. The maximum absolute atomic E-state index is 14.9. The van der Waals surface area contributed by atoms with Crippen LogP contribution in [-0.2, 0) is 35.2 Å². The SMILES string of the molecule is CC(C)(C)C(=O)OCOC(=O)[C@@]1(N)[C@H]2[C@@H](C[C@H]1OCc1ccc(F)cc1)[C@]2(F)C(=O)O. The first-order valence-corrected chi connectivity index (χ1v) is 9.74. The van der Waals surface area contributed by atoms with Gasteiger partial charge in [-0.15, -0.1) is 0 Å². The van der Waals surface area contributed by atoms with Gasteiger partial charge in [0.2, 0.25) is 12.5 Å². The lowest BCUT2D eigenvalue weighted by molar-refractivity contribution is -0.181. The lowest BCUT2D eigenvalue weighted by Gasteiger charge is -2.33. The number of carbonyl (C=O) groups is 3. The summed E-state index contributed by atoms with van der Waals surface area (Å²) in [6, 6.07) is 5.42. The number of rotatable bonds is 7. The van der Waals surface area contributed by atoms with Crippen molar-refractivity contribution in [1.82, 2.24) is 0 Å². The number of carbonyl (C=O) groups excluding carboxylic acids is 2. The van der Waals surface area contributed by atoms with E-state index in [9.17, 15) is 28.3 Å². The molecule has 8 nitrogen and oxygen atoms in total. The van der Waals surface area contributed by atoms with Gasteiger partial charge in [0.05, 0.1) is 18.1 Å². The molecular weight excluding hydrogens is 416 g/mol. The van der Waals surface area contributed by atoms with E-state index in [2.05, 4.69) is 0 Å². The van der Waals surface area contributed by atoms with Gasteiger partial charge in [-0.25, -0.2) is 18.4 Å². The van der Waals surface area contributed by atoms with Crippen LogP contribution < -0.4 is 5.73 Å². The molecule has 0 aliphatic heterocycles. The molecule has 2 fully saturated rings. The Balaban J connectivity index is 1.72. The molecule has 0 amide bonds. The van der Waals surface area contributed by atoms with E-state index in [1.165, 1.54) is 24.3 Å². The van der Waals surface area contributed by atoms with E-state index in [1.54, 1.807) is 20.8 Å². The Bertz CT molecular complexity index is 885. The molecule has 2 aliphatic carbocycles. The number of hydrogen-bond acceptors (Lipinski definition) is 7. The lowest BCUT2D eigenvalue weighted by Crippen LogP contribution is -2.61. The van der Waals surface area contributed by atoms with Gasteiger partial charge in [0, 0.05) is 11.8 Å². The van der Waals surface area contributed by atoms with Crippen LogP contribution in [0.3, 0.4) is 0 Å². The van der Waals surface area contributed by atoms with Crippen molar-refractivity contribution in [3.63, 3.8) is 0 Å². The Labute approximate surface area is 177 Å². The van der Waals surface area contributed by atoms with Crippen LogP contribution in [0.15, 0.2) is 24.3 Å². The zero-order valence-corrected chi connectivity index (χ0v) is 17.4. The summed E-state index contributed by atoms with van der Waals surface area (Å²) >= 11 is 0. The summed E-state index contributed by atoms with van der Waals surface area (Å²) in [6.07, 6.45) is -1.15. The van der Waals surface area contributed by atoms with Gasteiger partial charge in [0.1, 0.15) is 11.4 Å². The van der Waals surface area contributed by atoms with Crippen molar-refractivity contribution < 1.29 is 42.5 Å². The topological polar surface area (TPSA) is 125 Å². The molecular formula is C21H25F2NO7. The summed E-state index contributed by atoms with van der Waals surface area (Å²) in [7, 11) is 0. The quantitative estimate of drug-likeness (QED) is 0.486. The number of carboxylic acid groups (broad SMARTS) is 1. The monoisotopic (exact) mass is 441 g/mol. The van der Waals surface area contributed by atoms with Gasteiger partial charge in [-0.1, -0.05) is 12.1 Å². The van der Waals surface area contributed by atoms with E-state index in [0.29, 0.717) is 5.56 Å². The first-order chi connectivity index (χ1) is 14.3. The second-order valence-corrected chi connectivity index (χ2v) is 8.98. The van der Waals surface area contributed by atoms with E-state index in [4.69, 9.17) is 19.9 Å². The molecule has 5 atom stereocenters. The van der Waals surface area contributed by atoms with Gasteiger partial charge in [-0.05, 0) is 44.9 Å². The van der Waals surface area contributed by atoms with Crippen molar-refractivity contribution in [3.05, 3.63) is 35.6 Å². The molecule has 0 saturated heterocycles. The number of alkyl halides is 1. The first kappa shape index (κ1) is 23.1. The standard InChI is InChI=1S/C21H25F2NO7/c1-19(2,3)17(27)30-10-31-18(28)21(24)14(8-13-15(21)20(13,23)16(25)26)29-9-11-4-6-12(22)7-5-11/h4-7,13-15H,8-10,24H2,1-3H3,(H,25,26)/t13-,14-,15+,20-,21+/m1/s1. The molecule has 0 bridgehead atoms. The molecule has 31 heavy (non-hydrogen) atoms. The number of benzene rings is 1. The summed E-state index contributed by atoms with van der Waals surface area (Å²) in [6.45, 7) is 4.02. The van der Waals surface area contributed by atoms with Gasteiger partial charge in [-0.2, -0.15) is 0 Å². The minimum atomic E-state index is -2.66. The number of esters is 2. The average Bonchev–Trinajstić information content (AvgIpc) is 3.17. The molecule has 0 heterocycles. The normalized spacial score (nSPS) is 31.6. The fourth-order valence-corrected chi connectivity index (χ4v) is 4.05. The van der Waals surface area contributed by atoms with Crippen molar-refractivity contribution in [2.75, 3.05) is 6.79 Å². The summed E-state index contributed by atoms with van der Waals surface area (Å²) in [5, 5.41) is 9.26. The zero-order valence-electron chi connectivity index (χ0n) is 17.4. The number of ether oxygens (including phenoxy) is 3. The van der Waals surface area contributed by atoms with Gasteiger partial charge < -0.3 is 25.1 Å². The largest absolute Gasteiger partial charge is 0.479 e. The molecule has 2 saturated carbocycles. The van der Waals surface area contributed by atoms with Crippen LogP contribution in [0.4, 0.5) is 8.78 Å². The summed E-state index contributed by atoms with van der Waals surface area (Å²) in [5.74, 6) is -6.25. The minimum absolute atomic E-state index is 0.0536. The van der Waals surface area contributed by atoms with E-state index < -0.39 is 65.1 Å². The molecule has 170 valence electrons. The third-order valence-corrected chi connectivity index (χ3v) is 5.84. The minimum Gasteiger partial charge on any atom is -0.479 e. The van der Waals surface area contributed by atoms with Gasteiger partial charge in [-0.3, -0.25) is 4.79 Å². The zero-order chi connectivity index (χ0) is 23.2. The molecule has 1 aromatic carbocycles.